The van der Waals surface area contributed by atoms with Crippen molar-refractivity contribution in [1.29, 1.82) is 0 Å². The Morgan fingerprint density at radius 2 is 1.91 bits per heavy atom. The second-order valence-corrected chi connectivity index (χ2v) is 10.7. The number of amides is 1. The number of aliphatic imine (C=N–C) groups is 1. The maximum atomic E-state index is 13.8. The van der Waals surface area contributed by atoms with E-state index in [-0.39, 0.29) is 34.5 Å². The Balaban J connectivity index is 1.54. The highest BCUT2D eigenvalue weighted by Gasteiger charge is 2.86. The second kappa shape index (κ2) is 6.92. The van der Waals surface area contributed by atoms with Gasteiger partial charge in [-0.2, -0.15) is 0 Å². The van der Waals surface area contributed by atoms with E-state index in [4.69, 9.17) is 9.73 Å². The van der Waals surface area contributed by atoms with Crippen molar-refractivity contribution in [1.82, 2.24) is 4.90 Å². The summed E-state index contributed by atoms with van der Waals surface area (Å²) in [7, 11) is 1.36. The molecular formula is C27H30N2O4. The number of esters is 1. The first-order valence-corrected chi connectivity index (χ1v) is 11.5. The Kier molecular flexibility index (Phi) is 4.55. The highest BCUT2D eigenvalue weighted by Crippen LogP contribution is 2.83. The van der Waals surface area contributed by atoms with E-state index in [1.165, 1.54) is 7.11 Å². The first kappa shape index (κ1) is 21.7. The molecule has 1 heterocycles. The first-order valence-electron chi connectivity index (χ1n) is 11.5. The van der Waals surface area contributed by atoms with Crippen molar-refractivity contribution in [3.05, 3.63) is 65.2 Å². The van der Waals surface area contributed by atoms with Crippen LogP contribution < -0.4 is 0 Å². The van der Waals surface area contributed by atoms with Crippen LogP contribution >= 0.6 is 0 Å². The van der Waals surface area contributed by atoms with Gasteiger partial charge in [-0.1, -0.05) is 45.0 Å². The smallest absolute Gasteiger partial charge is 0.337 e. The molecule has 2 fully saturated rings. The lowest BCUT2D eigenvalue weighted by molar-refractivity contribution is -0.128. The molecule has 6 heteroatoms. The average Bonchev–Trinajstić information content (AvgIpc) is 3.64. The van der Waals surface area contributed by atoms with Gasteiger partial charge in [0.25, 0.3) is 5.91 Å². The number of phenols is 1. The molecule has 33 heavy (non-hydrogen) atoms. The van der Waals surface area contributed by atoms with E-state index in [9.17, 15) is 14.7 Å². The molecule has 4 atom stereocenters. The summed E-state index contributed by atoms with van der Waals surface area (Å²) in [5, 5.41) is 10.00. The second-order valence-electron chi connectivity index (χ2n) is 10.7. The average molecular weight is 447 g/mol. The Morgan fingerprint density at radius 3 is 2.48 bits per heavy atom. The van der Waals surface area contributed by atoms with Gasteiger partial charge in [-0.3, -0.25) is 9.79 Å². The molecule has 6 nitrogen and oxygen atoms in total. The molecule has 0 aromatic heterocycles. The number of benzene rings is 2. The fourth-order valence-corrected chi connectivity index (χ4v) is 6.02. The third-order valence-electron chi connectivity index (χ3n) is 7.79. The van der Waals surface area contributed by atoms with E-state index in [0.717, 1.165) is 18.4 Å². The van der Waals surface area contributed by atoms with Crippen LogP contribution in [0.5, 0.6) is 5.75 Å². The molecule has 0 bridgehead atoms. The van der Waals surface area contributed by atoms with Gasteiger partial charge in [0.05, 0.1) is 18.7 Å². The SMILES string of the molecule is COC(=O)c1ccc([C@@H](C)N2C(=O)C(c3cccc(O)c3)=NC23CC32CC2C(C)(C)C)cc1. The number of nitrogens with zero attached hydrogens (tertiary/aromatic N) is 2. The van der Waals surface area contributed by atoms with Crippen molar-refractivity contribution in [2.24, 2.45) is 21.7 Å². The van der Waals surface area contributed by atoms with E-state index >= 15 is 0 Å². The summed E-state index contributed by atoms with van der Waals surface area (Å²) in [5.41, 5.74) is 2.09. The standard InChI is InChI=1S/C27H30N2O4/c1-16(17-9-11-18(12-10-17)24(32)33-5)29-23(31)22(19-7-6-8-20(30)13-19)28-27(29)15-26(27)14-21(26)25(2,3)4/h6-13,16,21,30H,14-15H2,1-5H3/t16-,21?,26?,27?/m1/s1. The molecule has 1 N–H and O–H groups in total. The summed E-state index contributed by atoms with van der Waals surface area (Å²) in [6.07, 6.45) is 1.92. The lowest BCUT2D eigenvalue weighted by atomic mass is 9.88. The number of ether oxygens (including phenoxy) is 1. The number of carbonyl (C=O) groups is 2. The topological polar surface area (TPSA) is 79.2 Å². The summed E-state index contributed by atoms with van der Waals surface area (Å²) >= 11 is 0. The van der Waals surface area contributed by atoms with Gasteiger partial charge in [0.15, 0.2) is 0 Å². The number of carbonyl (C=O) groups excluding carboxylic acids is 2. The highest BCUT2D eigenvalue weighted by molar-refractivity contribution is 6.47. The highest BCUT2D eigenvalue weighted by atomic mass is 16.5. The molecule has 2 aromatic rings. The largest absolute Gasteiger partial charge is 0.508 e. The summed E-state index contributed by atoms with van der Waals surface area (Å²) in [4.78, 5) is 32.7. The predicted octanol–water partition coefficient (Wildman–Crippen LogP) is 4.72. The van der Waals surface area contributed by atoms with Crippen LogP contribution in [0.2, 0.25) is 0 Å². The van der Waals surface area contributed by atoms with Gasteiger partial charge in [0.2, 0.25) is 0 Å². The number of rotatable bonds is 4. The van der Waals surface area contributed by atoms with Crippen LogP contribution in [-0.4, -0.2) is 40.4 Å². The normalized spacial score (nSPS) is 28.8. The molecule has 2 aromatic carbocycles. The molecule has 1 aliphatic heterocycles. The fraction of sp³-hybridized carbons (Fsp3) is 0.444. The number of hydrogen-bond donors (Lipinski definition) is 1. The van der Waals surface area contributed by atoms with Crippen LogP contribution in [0, 0.1) is 16.7 Å². The van der Waals surface area contributed by atoms with Crippen LogP contribution in [0.25, 0.3) is 0 Å². The van der Waals surface area contributed by atoms with Crippen LogP contribution in [0.1, 0.15) is 68.1 Å². The van der Waals surface area contributed by atoms with Crippen molar-refractivity contribution in [2.45, 2.75) is 52.2 Å². The molecule has 0 radical (unpaired) electrons. The molecule has 1 amide bonds. The van der Waals surface area contributed by atoms with Gasteiger partial charge in [-0.25, -0.2) is 4.79 Å². The van der Waals surface area contributed by atoms with E-state index in [1.807, 2.05) is 30.0 Å². The van der Waals surface area contributed by atoms with Gasteiger partial charge >= 0.3 is 5.97 Å². The zero-order valence-corrected chi connectivity index (χ0v) is 19.8. The number of aromatic hydroxyl groups is 1. The van der Waals surface area contributed by atoms with Gasteiger partial charge in [0, 0.05) is 17.4 Å². The van der Waals surface area contributed by atoms with Gasteiger partial charge < -0.3 is 14.7 Å². The molecular weight excluding hydrogens is 416 g/mol. The molecule has 2 saturated carbocycles. The molecule has 3 aliphatic rings. The molecule has 0 saturated heterocycles. The van der Waals surface area contributed by atoms with Crippen molar-refractivity contribution < 1.29 is 19.4 Å². The molecule has 172 valence electrons. The van der Waals surface area contributed by atoms with Crippen LogP contribution in [0.4, 0.5) is 0 Å². The molecule has 2 spiro atoms. The summed E-state index contributed by atoms with van der Waals surface area (Å²) in [6.45, 7) is 8.80. The van der Waals surface area contributed by atoms with E-state index in [1.54, 1.807) is 30.3 Å². The zero-order valence-electron chi connectivity index (χ0n) is 19.8. The zero-order chi connectivity index (χ0) is 23.8. The van der Waals surface area contributed by atoms with Crippen molar-refractivity contribution >= 4 is 17.6 Å². The van der Waals surface area contributed by atoms with Crippen molar-refractivity contribution in [2.75, 3.05) is 7.11 Å². The number of methoxy groups -OCH3 is 1. The summed E-state index contributed by atoms with van der Waals surface area (Å²) in [5.74, 6) is 0.124. The Hall–Kier alpha value is -3.15. The first-order chi connectivity index (χ1) is 15.5. The lowest BCUT2D eigenvalue weighted by Gasteiger charge is -2.32. The Labute approximate surface area is 194 Å². The van der Waals surface area contributed by atoms with Crippen LogP contribution in [0.3, 0.4) is 0 Å². The van der Waals surface area contributed by atoms with Gasteiger partial charge in [-0.05, 0) is 54.5 Å². The minimum Gasteiger partial charge on any atom is -0.508 e. The molecule has 5 rings (SSSR count). The Bertz CT molecular complexity index is 1180. The quantitative estimate of drug-likeness (QED) is 0.689. The third kappa shape index (κ3) is 3.10. The summed E-state index contributed by atoms with van der Waals surface area (Å²) in [6, 6.07) is 13.8. The van der Waals surface area contributed by atoms with Crippen LogP contribution in [0.15, 0.2) is 53.5 Å². The third-order valence-corrected chi connectivity index (χ3v) is 7.79. The van der Waals surface area contributed by atoms with Crippen molar-refractivity contribution in [3.8, 4) is 5.75 Å². The summed E-state index contributed by atoms with van der Waals surface area (Å²) < 4.78 is 4.81. The molecule has 3 unspecified atom stereocenters. The minimum atomic E-state index is -0.552. The number of hydrogen-bond acceptors (Lipinski definition) is 5. The monoisotopic (exact) mass is 446 g/mol. The Morgan fingerprint density at radius 1 is 1.21 bits per heavy atom. The van der Waals surface area contributed by atoms with Crippen molar-refractivity contribution in [3.63, 3.8) is 0 Å². The number of phenolic OH excluding ortho intramolecular Hbond substituents is 1. The van der Waals surface area contributed by atoms with Gasteiger partial charge in [-0.15, -0.1) is 0 Å². The minimum absolute atomic E-state index is 0.0136. The maximum Gasteiger partial charge on any atom is 0.337 e. The predicted molar refractivity (Wildman–Crippen MR) is 125 cm³/mol. The van der Waals surface area contributed by atoms with Gasteiger partial charge in [0.1, 0.15) is 17.1 Å². The van der Waals surface area contributed by atoms with E-state index < -0.39 is 5.66 Å². The fourth-order valence-electron chi connectivity index (χ4n) is 6.02. The van der Waals surface area contributed by atoms with Crippen LogP contribution in [-0.2, 0) is 9.53 Å². The maximum absolute atomic E-state index is 13.8. The number of fused-ring (bicyclic) bond motifs is 1. The van der Waals surface area contributed by atoms with E-state index in [2.05, 4.69) is 20.8 Å². The molecule has 2 aliphatic carbocycles. The lowest BCUT2D eigenvalue weighted by Crippen LogP contribution is -2.41. The van der Waals surface area contributed by atoms with E-state index in [0.29, 0.717) is 22.8 Å².